The third-order valence-electron chi connectivity index (χ3n) is 3.97. The zero-order chi connectivity index (χ0) is 19.1. The molecule has 0 radical (unpaired) electrons. The first-order valence-electron chi connectivity index (χ1n) is 8.89. The Hall–Kier alpha value is -1.49. The Kier molecular flexibility index (Phi) is 8.01. The number of nitrogens with one attached hydrogen (secondary N) is 2. The van der Waals surface area contributed by atoms with Crippen molar-refractivity contribution in [2.45, 2.75) is 32.7 Å². The Morgan fingerprint density at radius 1 is 1.27 bits per heavy atom. The first kappa shape index (κ1) is 20.8. The number of hydrogen-bond acceptors (Lipinski definition) is 4. The van der Waals surface area contributed by atoms with Crippen molar-refractivity contribution in [1.29, 1.82) is 0 Å². The van der Waals surface area contributed by atoms with Gasteiger partial charge in [-0.25, -0.2) is 0 Å². The molecule has 2 N–H and O–H groups in total. The Balaban J connectivity index is 1.99. The van der Waals surface area contributed by atoms with Crippen molar-refractivity contribution >= 4 is 42.6 Å². The van der Waals surface area contributed by atoms with Gasteiger partial charge in [0.15, 0.2) is 0 Å². The number of benzene rings is 1. The third-order valence-corrected chi connectivity index (χ3v) is 5.34. The van der Waals surface area contributed by atoms with Crippen LogP contribution in [0.2, 0.25) is 0 Å². The predicted octanol–water partition coefficient (Wildman–Crippen LogP) is 3.27. The van der Waals surface area contributed by atoms with Crippen LogP contribution in [-0.4, -0.2) is 42.7 Å². The molecule has 0 saturated carbocycles. The second-order valence-electron chi connectivity index (χ2n) is 6.93. The van der Waals surface area contributed by atoms with Gasteiger partial charge in [-0.3, -0.25) is 14.3 Å². The van der Waals surface area contributed by atoms with E-state index in [9.17, 15) is 9.59 Å². The van der Waals surface area contributed by atoms with Crippen LogP contribution in [0.4, 0.5) is 0 Å². The monoisotopic (exact) mass is 393 g/mol. The van der Waals surface area contributed by atoms with E-state index in [-0.39, 0.29) is 11.8 Å². The first-order valence-corrected chi connectivity index (χ1v) is 10.2. The molecule has 7 heteroatoms. The molecule has 1 heterocycles. The Morgan fingerprint density at radius 2 is 2.00 bits per heavy atom. The van der Waals surface area contributed by atoms with Crippen LogP contribution in [0.3, 0.4) is 0 Å². The van der Waals surface area contributed by atoms with E-state index in [1.165, 1.54) is 11.3 Å². The molecule has 2 aromatic rings. The smallest absolute Gasteiger partial charge is 0.262 e. The minimum absolute atomic E-state index is 0.112. The van der Waals surface area contributed by atoms with Crippen molar-refractivity contribution in [3.05, 3.63) is 35.2 Å². The number of rotatable bonds is 9. The summed E-state index contributed by atoms with van der Waals surface area (Å²) >= 11 is 1.45. The van der Waals surface area contributed by atoms with Crippen molar-refractivity contribution in [1.82, 2.24) is 15.3 Å². The highest BCUT2D eigenvalue weighted by molar-refractivity contribution is 7.20. The average molecular weight is 393 g/mol. The lowest BCUT2D eigenvalue weighted by molar-refractivity contribution is -0.123. The molecule has 5 nitrogen and oxygen atoms in total. The summed E-state index contributed by atoms with van der Waals surface area (Å²) < 4.78 is 3.07. The molecule has 0 fully saturated rings. The highest BCUT2D eigenvalue weighted by Crippen LogP contribution is 2.25. The number of carbonyl (C=O) groups is 2. The van der Waals surface area contributed by atoms with Gasteiger partial charge in [-0.2, -0.15) is 0 Å². The van der Waals surface area contributed by atoms with Crippen molar-refractivity contribution in [3.63, 3.8) is 0 Å². The molecule has 0 saturated heterocycles. The molecule has 0 bridgehead atoms. The molecule has 26 heavy (non-hydrogen) atoms. The zero-order valence-electron chi connectivity index (χ0n) is 15.6. The Labute approximate surface area is 161 Å². The van der Waals surface area contributed by atoms with E-state index >= 15 is 0 Å². The third kappa shape index (κ3) is 6.35. The molecule has 2 amide bonds. The van der Waals surface area contributed by atoms with E-state index in [0.29, 0.717) is 23.8 Å². The minimum atomic E-state index is -0.513. The summed E-state index contributed by atoms with van der Waals surface area (Å²) in [7, 11) is 4.57. The van der Waals surface area contributed by atoms with Crippen LogP contribution in [0.5, 0.6) is 0 Å². The van der Waals surface area contributed by atoms with Gasteiger partial charge in [-0.05, 0) is 43.3 Å². The van der Waals surface area contributed by atoms with Gasteiger partial charge in [0.2, 0.25) is 5.91 Å². The second-order valence-corrected chi connectivity index (χ2v) is 8.89. The molecule has 2 atom stereocenters. The van der Waals surface area contributed by atoms with Crippen molar-refractivity contribution in [2.75, 3.05) is 20.1 Å². The van der Waals surface area contributed by atoms with Crippen LogP contribution in [0, 0.1) is 5.92 Å². The maximum atomic E-state index is 12.6. The quantitative estimate of drug-likeness (QED) is 0.508. The minimum Gasteiger partial charge on any atom is -0.354 e. The van der Waals surface area contributed by atoms with Crippen LogP contribution < -0.4 is 10.6 Å². The molecule has 0 aliphatic carbocycles. The summed E-state index contributed by atoms with van der Waals surface area (Å²) in [5.74, 6) is 0.0166. The largest absolute Gasteiger partial charge is 0.354 e. The van der Waals surface area contributed by atoms with Gasteiger partial charge >= 0.3 is 0 Å². The SMILES string of the molecule is CC(C)C[C@H](NC(=O)c1cc2ccccc2s1)C(=O)NCCCN(C)P. The van der Waals surface area contributed by atoms with Gasteiger partial charge in [0.25, 0.3) is 5.91 Å². The summed E-state index contributed by atoms with van der Waals surface area (Å²) in [6, 6.07) is 9.28. The fraction of sp³-hybridized carbons (Fsp3) is 0.474. The molecule has 1 aromatic heterocycles. The van der Waals surface area contributed by atoms with Gasteiger partial charge in [0, 0.05) is 17.8 Å². The highest BCUT2D eigenvalue weighted by Gasteiger charge is 2.23. The molecular formula is C19H28N3O2PS. The normalized spacial score (nSPS) is 12.5. The topological polar surface area (TPSA) is 61.4 Å². The molecule has 0 spiro atoms. The first-order chi connectivity index (χ1) is 12.4. The van der Waals surface area contributed by atoms with E-state index < -0.39 is 6.04 Å². The van der Waals surface area contributed by atoms with Crippen LogP contribution in [0.1, 0.15) is 36.4 Å². The maximum absolute atomic E-state index is 12.6. The number of hydrogen-bond donors (Lipinski definition) is 2. The molecule has 1 unspecified atom stereocenters. The molecule has 0 aliphatic heterocycles. The van der Waals surface area contributed by atoms with E-state index in [1.807, 2.05) is 42.0 Å². The van der Waals surface area contributed by atoms with E-state index in [2.05, 4.69) is 33.9 Å². The second kappa shape index (κ2) is 10.0. The van der Waals surface area contributed by atoms with Crippen LogP contribution >= 0.6 is 20.7 Å². The number of amides is 2. The number of nitrogens with zero attached hydrogens (tertiary/aromatic N) is 1. The summed E-state index contributed by atoms with van der Waals surface area (Å²) in [6.07, 6.45) is 1.48. The lowest BCUT2D eigenvalue weighted by Gasteiger charge is -2.20. The molecule has 1 aromatic carbocycles. The van der Waals surface area contributed by atoms with E-state index in [1.54, 1.807) is 0 Å². The van der Waals surface area contributed by atoms with Crippen molar-refractivity contribution < 1.29 is 9.59 Å². The van der Waals surface area contributed by atoms with Gasteiger partial charge in [0.1, 0.15) is 6.04 Å². The fourth-order valence-electron chi connectivity index (χ4n) is 2.69. The lowest BCUT2D eigenvalue weighted by Crippen LogP contribution is -2.47. The number of fused-ring (bicyclic) bond motifs is 1. The van der Waals surface area contributed by atoms with Crippen molar-refractivity contribution in [2.24, 2.45) is 5.92 Å². The maximum Gasteiger partial charge on any atom is 0.262 e. The van der Waals surface area contributed by atoms with Gasteiger partial charge in [-0.15, -0.1) is 11.3 Å². The van der Waals surface area contributed by atoms with Crippen LogP contribution in [-0.2, 0) is 4.79 Å². The highest BCUT2D eigenvalue weighted by atomic mass is 32.1. The molecule has 142 valence electrons. The lowest BCUT2D eigenvalue weighted by atomic mass is 10.0. The van der Waals surface area contributed by atoms with Gasteiger partial charge < -0.3 is 10.6 Å². The molecule has 0 aliphatic rings. The van der Waals surface area contributed by atoms with E-state index in [0.717, 1.165) is 23.1 Å². The van der Waals surface area contributed by atoms with Crippen molar-refractivity contribution in [3.8, 4) is 0 Å². The average Bonchev–Trinajstić information content (AvgIpc) is 3.01. The van der Waals surface area contributed by atoms with Gasteiger partial charge in [0.05, 0.1) is 4.88 Å². The summed E-state index contributed by atoms with van der Waals surface area (Å²) in [5.41, 5.74) is 0. The van der Waals surface area contributed by atoms with Gasteiger partial charge in [-0.1, -0.05) is 41.4 Å². The Morgan fingerprint density at radius 3 is 2.65 bits per heavy atom. The zero-order valence-corrected chi connectivity index (χ0v) is 17.6. The predicted molar refractivity (Wildman–Crippen MR) is 113 cm³/mol. The van der Waals surface area contributed by atoms with Crippen LogP contribution in [0.15, 0.2) is 30.3 Å². The summed E-state index contributed by atoms with van der Waals surface area (Å²) in [6.45, 7) is 5.59. The number of thiophene rings is 1. The number of carbonyl (C=O) groups excluding carboxylic acids is 2. The van der Waals surface area contributed by atoms with E-state index in [4.69, 9.17) is 0 Å². The summed E-state index contributed by atoms with van der Waals surface area (Å²) in [5, 5.41) is 6.91. The fourth-order valence-corrected chi connectivity index (χ4v) is 3.84. The molecule has 2 rings (SSSR count). The Bertz CT molecular complexity index is 712. The summed E-state index contributed by atoms with van der Waals surface area (Å²) in [4.78, 5) is 25.8. The van der Waals surface area contributed by atoms with Crippen LogP contribution in [0.25, 0.3) is 10.1 Å². The standard InChI is InChI=1S/C19H28N3O2PS/c1-13(2)11-15(18(23)20-9-6-10-22(3)25)21-19(24)17-12-14-7-4-5-8-16(14)26-17/h4-5,7-8,12-13,15H,6,9-11,25H2,1-3H3,(H,20,23)(H,21,24)/t15-/m0/s1. The molecular weight excluding hydrogens is 365 g/mol.